The second-order valence-electron chi connectivity index (χ2n) is 3.60. The molecule has 5 nitrogen and oxygen atoms in total. The van der Waals surface area contributed by atoms with Gasteiger partial charge in [-0.25, -0.2) is 14.6 Å². The van der Waals surface area contributed by atoms with Gasteiger partial charge in [0.15, 0.2) is 5.16 Å². The van der Waals surface area contributed by atoms with Gasteiger partial charge < -0.3 is 5.32 Å². The zero-order valence-electron chi connectivity index (χ0n) is 10.1. The number of aromatic nitrogens is 4. The Morgan fingerprint density at radius 2 is 2.05 bits per heavy atom. The molecule has 0 aromatic carbocycles. The number of pyridine rings is 1. The summed E-state index contributed by atoms with van der Waals surface area (Å²) in [4.78, 5) is 7.98. The molecule has 0 amide bonds. The van der Waals surface area contributed by atoms with Gasteiger partial charge in [-0.15, -0.1) is 0 Å². The number of halogens is 3. The molecule has 0 bridgehead atoms. The smallest absolute Gasteiger partial charge is 0.373 e. The van der Waals surface area contributed by atoms with Crippen molar-refractivity contribution in [3.63, 3.8) is 0 Å². The number of rotatable bonds is 3. The van der Waals surface area contributed by atoms with E-state index in [9.17, 15) is 13.2 Å². The van der Waals surface area contributed by atoms with Crippen LogP contribution in [0.25, 0.3) is 0 Å². The summed E-state index contributed by atoms with van der Waals surface area (Å²) in [6.07, 6.45) is -3.08. The van der Waals surface area contributed by atoms with Gasteiger partial charge in [0.2, 0.25) is 0 Å². The van der Waals surface area contributed by atoms with E-state index in [2.05, 4.69) is 20.4 Å². The van der Waals surface area contributed by atoms with E-state index in [1.807, 2.05) is 0 Å². The third-order valence-electron chi connectivity index (χ3n) is 2.25. The molecule has 0 spiro atoms. The molecule has 0 aliphatic heterocycles. The lowest BCUT2D eigenvalue weighted by Gasteiger charge is -2.10. The number of hydrogen-bond donors (Lipinski definition) is 1. The Labute approximate surface area is 111 Å². The highest BCUT2D eigenvalue weighted by molar-refractivity contribution is 7.99. The number of alkyl halides is 3. The van der Waals surface area contributed by atoms with Crippen molar-refractivity contribution in [1.29, 1.82) is 0 Å². The summed E-state index contributed by atoms with van der Waals surface area (Å²) in [5.74, 6) is 0.152. The largest absolute Gasteiger partial charge is 0.416 e. The van der Waals surface area contributed by atoms with Gasteiger partial charge >= 0.3 is 6.18 Å². The maximum absolute atomic E-state index is 12.7. The average molecular weight is 289 g/mol. The van der Waals surface area contributed by atoms with Gasteiger partial charge in [0, 0.05) is 14.1 Å². The number of nitrogens with zero attached hydrogens (tertiary/aromatic N) is 4. The highest BCUT2D eigenvalue weighted by Crippen LogP contribution is 2.34. The third kappa shape index (κ3) is 3.16. The van der Waals surface area contributed by atoms with Crippen molar-refractivity contribution in [3.8, 4) is 0 Å². The SMILES string of the molecule is CNc1cc(C(F)(F)F)cc(Sc2ncnn2C)n1. The number of hydrogen-bond acceptors (Lipinski definition) is 5. The summed E-state index contributed by atoms with van der Waals surface area (Å²) in [7, 11) is 3.17. The fourth-order valence-corrected chi connectivity index (χ4v) is 2.12. The van der Waals surface area contributed by atoms with E-state index in [1.165, 1.54) is 18.1 Å². The van der Waals surface area contributed by atoms with Crippen LogP contribution in [0.15, 0.2) is 28.6 Å². The molecule has 1 N–H and O–H groups in total. The lowest BCUT2D eigenvalue weighted by atomic mass is 10.2. The van der Waals surface area contributed by atoms with Gasteiger partial charge in [0.25, 0.3) is 0 Å². The van der Waals surface area contributed by atoms with Gasteiger partial charge in [0.1, 0.15) is 17.2 Å². The molecule has 0 radical (unpaired) electrons. The minimum atomic E-state index is -4.41. The second-order valence-corrected chi connectivity index (χ2v) is 4.58. The minimum absolute atomic E-state index is 0.152. The average Bonchev–Trinajstić information content (AvgIpc) is 2.73. The first-order chi connectivity index (χ1) is 8.90. The molecular weight excluding hydrogens is 279 g/mol. The predicted octanol–water partition coefficient (Wildman–Crippen LogP) is 2.42. The Bertz CT molecular complexity index is 581. The Morgan fingerprint density at radius 3 is 2.58 bits per heavy atom. The van der Waals surface area contributed by atoms with Crippen LogP contribution < -0.4 is 5.32 Å². The summed E-state index contributed by atoms with van der Waals surface area (Å²) in [6.45, 7) is 0. The van der Waals surface area contributed by atoms with E-state index in [1.54, 1.807) is 7.05 Å². The molecule has 0 saturated heterocycles. The van der Waals surface area contributed by atoms with Crippen LogP contribution in [-0.4, -0.2) is 26.8 Å². The number of nitrogens with one attached hydrogen (secondary N) is 1. The lowest BCUT2D eigenvalue weighted by molar-refractivity contribution is -0.137. The topological polar surface area (TPSA) is 55.6 Å². The Morgan fingerprint density at radius 1 is 1.32 bits per heavy atom. The first-order valence-electron chi connectivity index (χ1n) is 5.19. The highest BCUT2D eigenvalue weighted by Gasteiger charge is 2.31. The van der Waals surface area contributed by atoms with Crippen molar-refractivity contribution in [2.24, 2.45) is 7.05 Å². The highest BCUT2D eigenvalue weighted by atomic mass is 32.2. The van der Waals surface area contributed by atoms with Crippen LogP contribution in [0, 0.1) is 0 Å². The third-order valence-corrected chi connectivity index (χ3v) is 3.22. The monoisotopic (exact) mass is 289 g/mol. The Hall–Kier alpha value is -1.77. The van der Waals surface area contributed by atoms with E-state index in [4.69, 9.17) is 0 Å². The van der Waals surface area contributed by atoms with E-state index >= 15 is 0 Å². The molecule has 19 heavy (non-hydrogen) atoms. The molecule has 2 aromatic heterocycles. The molecule has 0 aliphatic rings. The zero-order valence-corrected chi connectivity index (χ0v) is 10.9. The molecule has 2 aromatic rings. The molecule has 2 heterocycles. The zero-order chi connectivity index (χ0) is 14.0. The molecular formula is C10H10F3N5S. The standard InChI is InChI=1S/C10H10F3N5S/c1-14-7-3-6(10(11,12)13)4-8(17-7)19-9-15-5-16-18(9)2/h3-5H,1-2H3,(H,14,17). The fourth-order valence-electron chi connectivity index (χ4n) is 1.32. The summed E-state index contributed by atoms with van der Waals surface area (Å²) in [5.41, 5.74) is -0.753. The summed E-state index contributed by atoms with van der Waals surface area (Å²) >= 11 is 1.02. The van der Waals surface area contributed by atoms with Gasteiger partial charge in [-0.3, -0.25) is 0 Å². The number of aryl methyl sites for hydroxylation is 1. The normalized spacial score (nSPS) is 11.6. The van der Waals surface area contributed by atoms with Crippen LogP contribution in [0.3, 0.4) is 0 Å². The van der Waals surface area contributed by atoms with E-state index < -0.39 is 11.7 Å². The first-order valence-corrected chi connectivity index (χ1v) is 6.00. The van der Waals surface area contributed by atoms with Crippen molar-refractivity contribution in [2.45, 2.75) is 16.4 Å². The van der Waals surface area contributed by atoms with Gasteiger partial charge in [-0.1, -0.05) is 0 Å². The molecule has 0 fully saturated rings. The quantitative estimate of drug-likeness (QED) is 0.940. The maximum atomic E-state index is 12.7. The van der Waals surface area contributed by atoms with Crippen molar-refractivity contribution >= 4 is 17.6 Å². The summed E-state index contributed by atoms with van der Waals surface area (Å²) in [5, 5.41) is 7.12. The number of anilines is 1. The summed E-state index contributed by atoms with van der Waals surface area (Å²) < 4.78 is 39.7. The first kappa shape index (κ1) is 13.7. The molecule has 0 atom stereocenters. The van der Waals surface area contributed by atoms with Crippen molar-refractivity contribution in [3.05, 3.63) is 24.0 Å². The van der Waals surface area contributed by atoms with Crippen molar-refractivity contribution in [1.82, 2.24) is 19.7 Å². The van der Waals surface area contributed by atoms with Crippen molar-refractivity contribution < 1.29 is 13.2 Å². The van der Waals surface area contributed by atoms with Crippen LogP contribution in [-0.2, 0) is 13.2 Å². The molecule has 0 unspecified atom stereocenters. The predicted molar refractivity (Wildman–Crippen MR) is 63.9 cm³/mol. The molecule has 102 valence electrons. The van der Waals surface area contributed by atoms with Crippen molar-refractivity contribution in [2.75, 3.05) is 12.4 Å². The molecule has 9 heteroatoms. The fraction of sp³-hybridized carbons (Fsp3) is 0.300. The Kier molecular flexibility index (Phi) is 3.65. The van der Waals surface area contributed by atoms with Crippen LogP contribution >= 0.6 is 11.8 Å². The van der Waals surface area contributed by atoms with E-state index in [-0.39, 0.29) is 10.8 Å². The van der Waals surface area contributed by atoms with Gasteiger partial charge in [-0.05, 0) is 23.9 Å². The van der Waals surface area contributed by atoms with Gasteiger partial charge in [0.05, 0.1) is 5.56 Å². The molecule has 0 aliphatic carbocycles. The van der Waals surface area contributed by atoms with E-state index in [0.29, 0.717) is 5.16 Å². The summed E-state index contributed by atoms with van der Waals surface area (Å²) in [6, 6.07) is 1.95. The van der Waals surface area contributed by atoms with Crippen LogP contribution in [0.1, 0.15) is 5.56 Å². The second kappa shape index (κ2) is 5.08. The van der Waals surface area contributed by atoms with Crippen LogP contribution in [0.2, 0.25) is 0 Å². The molecule has 0 saturated carbocycles. The lowest BCUT2D eigenvalue weighted by Crippen LogP contribution is -2.07. The molecule has 2 rings (SSSR count). The van der Waals surface area contributed by atoms with Gasteiger partial charge in [-0.2, -0.15) is 18.3 Å². The minimum Gasteiger partial charge on any atom is -0.373 e. The maximum Gasteiger partial charge on any atom is 0.416 e. The van der Waals surface area contributed by atoms with E-state index in [0.717, 1.165) is 23.9 Å². The Balaban J connectivity index is 2.37. The van der Waals surface area contributed by atoms with Crippen LogP contribution in [0.4, 0.5) is 19.0 Å². The van der Waals surface area contributed by atoms with Crippen LogP contribution in [0.5, 0.6) is 0 Å².